The van der Waals surface area contributed by atoms with Crippen molar-refractivity contribution in [2.24, 2.45) is 0 Å². The van der Waals surface area contributed by atoms with Crippen LogP contribution in [0.4, 0.5) is 0 Å². The van der Waals surface area contributed by atoms with Gasteiger partial charge in [-0.05, 0) is 49.2 Å². The van der Waals surface area contributed by atoms with Gasteiger partial charge in [0, 0.05) is 12.4 Å². The van der Waals surface area contributed by atoms with Crippen LogP contribution < -0.4 is 10.3 Å². The number of para-hydroxylation sites is 1. The van der Waals surface area contributed by atoms with E-state index in [0.717, 1.165) is 19.4 Å². The number of ether oxygens (including phenoxy) is 3. The maximum Gasteiger partial charge on any atom is 0.337 e. The molecule has 0 radical (unpaired) electrons. The first-order valence-electron chi connectivity index (χ1n) is 10.2. The summed E-state index contributed by atoms with van der Waals surface area (Å²) in [5.41, 5.74) is 1.13. The third kappa shape index (κ3) is 5.08. The monoisotopic (exact) mass is 440 g/mol. The molecule has 162 valence electrons. The lowest BCUT2D eigenvalue weighted by molar-refractivity contribution is 0.0600. The Kier molecular flexibility index (Phi) is 6.89. The third-order valence-corrected chi connectivity index (χ3v) is 6.04. The number of hydrogen-bond acceptors (Lipinski definition) is 7. The molecule has 0 amide bonds. The Labute approximate surface area is 184 Å². The first-order valence-corrected chi connectivity index (χ1v) is 11.2. The average molecular weight is 441 g/mol. The van der Waals surface area contributed by atoms with Crippen LogP contribution >= 0.6 is 11.8 Å². The molecule has 0 N–H and O–H groups in total. The SMILES string of the molecule is COC(=O)c1ccc(OCCSc2nc3ccccc3c(=O)n2CC2CCCO2)cc1. The standard InChI is InChI=1S/C23H24N2O5S/c1-28-22(27)16-8-10-17(11-9-16)30-13-14-31-23-24-20-7-3-2-6-19(20)21(26)25(23)15-18-5-4-12-29-18/h2-3,6-11,18H,4-5,12-15H2,1H3. The van der Waals surface area contributed by atoms with Gasteiger partial charge in [-0.1, -0.05) is 23.9 Å². The Morgan fingerprint density at radius 1 is 1.23 bits per heavy atom. The van der Waals surface area contributed by atoms with E-state index in [1.54, 1.807) is 28.8 Å². The lowest BCUT2D eigenvalue weighted by Gasteiger charge is -2.16. The molecule has 7 nitrogen and oxygen atoms in total. The van der Waals surface area contributed by atoms with Crippen LogP contribution in [-0.2, 0) is 16.0 Å². The van der Waals surface area contributed by atoms with E-state index in [9.17, 15) is 9.59 Å². The Hall–Kier alpha value is -2.84. The Morgan fingerprint density at radius 2 is 2.03 bits per heavy atom. The first kappa shape index (κ1) is 21.4. The van der Waals surface area contributed by atoms with Crippen LogP contribution in [0.3, 0.4) is 0 Å². The molecular weight excluding hydrogens is 416 g/mol. The van der Waals surface area contributed by atoms with Gasteiger partial charge in [-0.3, -0.25) is 9.36 Å². The summed E-state index contributed by atoms with van der Waals surface area (Å²) in [4.78, 5) is 29.3. The minimum absolute atomic E-state index is 0.0390. The van der Waals surface area contributed by atoms with Crippen molar-refractivity contribution in [1.29, 1.82) is 0 Å². The van der Waals surface area contributed by atoms with Crippen molar-refractivity contribution >= 4 is 28.6 Å². The van der Waals surface area contributed by atoms with Gasteiger partial charge in [-0.25, -0.2) is 9.78 Å². The van der Waals surface area contributed by atoms with Gasteiger partial charge < -0.3 is 14.2 Å². The molecule has 0 bridgehead atoms. The zero-order valence-electron chi connectivity index (χ0n) is 17.3. The maximum absolute atomic E-state index is 13.1. The molecule has 0 spiro atoms. The highest BCUT2D eigenvalue weighted by Gasteiger charge is 2.20. The zero-order valence-corrected chi connectivity index (χ0v) is 18.1. The average Bonchev–Trinajstić information content (AvgIpc) is 3.32. The summed E-state index contributed by atoms with van der Waals surface area (Å²) in [6, 6.07) is 14.2. The summed E-state index contributed by atoms with van der Waals surface area (Å²) in [6.07, 6.45) is 2.02. The fourth-order valence-corrected chi connectivity index (χ4v) is 4.33. The smallest absolute Gasteiger partial charge is 0.337 e. The number of benzene rings is 2. The van der Waals surface area contributed by atoms with Gasteiger partial charge in [0.25, 0.3) is 5.56 Å². The first-order chi connectivity index (χ1) is 15.2. The van der Waals surface area contributed by atoms with Gasteiger partial charge in [0.1, 0.15) is 5.75 Å². The zero-order chi connectivity index (χ0) is 21.6. The van der Waals surface area contributed by atoms with E-state index in [-0.39, 0.29) is 17.6 Å². The van der Waals surface area contributed by atoms with E-state index in [0.29, 0.717) is 46.3 Å². The normalized spacial score (nSPS) is 15.8. The van der Waals surface area contributed by atoms with Crippen molar-refractivity contribution in [1.82, 2.24) is 9.55 Å². The van der Waals surface area contributed by atoms with Crippen LogP contribution in [0.1, 0.15) is 23.2 Å². The molecule has 31 heavy (non-hydrogen) atoms. The second-order valence-corrected chi connectivity index (χ2v) is 8.24. The van der Waals surface area contributed by atoms with E-state index in [2.05, 4.69) is 0 Å². The van der Waals surface area contributed by atoms with Gasteiger partial charge in [-0.15, -0.1) is 0 Å². The van der Waals surface area contributed by atoms with Gasteiger partial charge in [0.05, 0.1) is 42.8 Å². The number of aromatic nitrogens is 2. The van der Waals surface area contributed by atoms with Gasteiger partial charge in [0.2, 0.25) is 0 Å². The number of hydrogen-bond donors (Lipinski definition) is 0. The van der Waals surface area contributed by atoms with Crippen molar-refractivity contribution in [2.45, 2.75) is 30.6 Å². The second-order valence-electron chi connectivity index (χ2n) is 7.18. The molecule has 1 unspecified atom stereocenters. The number of rotatable bonds is 8. The van der Waals surface area contributed by atoms with Crippen LogP contribution in [-0.4, -0.2) is 47.7 Å². The Morgan fingerprint density at radius 3 is 2.77 bits per heavy atom. The summed E-state index contributed by atoms with van der Waals surface area (Å²) in [5, 5.41) is 1.29. The van der Waals surface area contributed by atoms with E-state index in [1.807, 2.05) is 24.3 Å². The molecule has 2 heterocycles. The molecule has 1 atom stereocenters. The van der Waals surface area contributed by atoms with Crippen molar-refractivity contribution in [3.05, 3.63) is 64.4 Å². The van der Waals surface area contributed by atoms with Gasteiger partial charge >= 0.3 is 5.97 Å². The van der Waals surface area contributed by atoms with E-state index in [1.165, 1.54) is 18.9 Å². The molecule has 1 aliphatic rings. The molecule has 8 heteroatoms. The van der Waals surface area contributed by atoms with E-state index in [4.69, 9.17) is 19.2 Å². The number of methoxy groups -OCH3 is 1. The number of nitrogens with zero attached hydrogens (tertiary/aromatic N) is 2. The maximum atomic E-state index is 13.1. The third-order valence-electron chi connectivity index (χ3n) is 5.10. The van der Waals surface area contributed by atoms with E-state index >= 15 is 0 Å². The lowest BCUT2D eigenvalue weighted by Crippen LogP contribution is -2.29. The Bertz CT molecular complexity index is 1110. The predicted octanol–water partition coefficient (Wildman–Crippen LogP) is 3.53. The van der Waals surface area contributed by atoms with Crippen molar-refractivity contribution in [3.8, 4) is 5.75 Å². The fraction of sp³-hybridized carbons (Fsp3) is 0.348. The number of esters is 1. The largest absolute Gasteiger partial charge is 0.493 e. The molecule has 1 fully saturated rings. The summed E-state index contributed by atoms with van der Waals surface area (Å²) < 4.78 is 17.9. The van der Waals surface area contributed by atoms with E-state index < -0.39 is 0 Å². The van der Waals surface area contributed by atoms with Crippen molar-refractivity contribution < 1.29 is 19.0 Å². The summed E-state index contributed by atoms with van der Waals surface area (Å²) in [7, 11) is 1.35. The minimum Gasteiger partial charge on any atom is -0.493 e. The molecule has 1 aromatic heterocycles. The second kappa shape index (κ2) is 9.98. The minimum atomic E-state index is -0.381. The van der Waals surface area contributed by atoms with Crippen LogP contribution in [0.5, 0.6) is 5.75 Å². The number of carbonyl (C=O) groups is 1. The molecule has 0 saturated carbocycles. The number of fused-ring (bicyclic) bond motifs is 1. The fourth-order valence-electron chi connectivity index (χ4n) is 3.51. The summed E-state index contributed by atoms with van der Waals surface area (Å²) in [5.74, 6) is 0.903. The van der Waals surface area contributed by atoms with Crippen LogP contribution in [0.25, 0.3) is 10.9 Å². The van der Waals surface area contributed by atoms with Crippen molar-refractivity contribution in [2.75, 3.05) is 26.1 Å². The molecule has 4 rings (SSSR count). The summed E-state index contributed by atoms with van der Waals surface area (Å²) >= 11 is 1.49. The number of thioether (sulfide) groups is 1. The molecule has 0 aliphatic carbocycles. The lowest BCUT2D eigenvalue weighted by atomic mass is 10.2. The molecule has 3 aromatic rings. The van der Waals surface area contributed by atoms with Crippen LogP contribution in [0.15, 0.2) is 58.5 Å². The van der Waals surface area contributed by atoms with Crippen molar-refractivity contribution in [3.63, 3.8) is 0 Å². The molecule has 1 aliphatic heterocycles. The Balaban J connectivity index is 1.44. The molecule has 1 saturated heterocycles. The topological polar surface area (TPSA) is 79.7 Å². The molecule has 2 aromatic carbocycles. The van der Waals surface area contributed by atoms with Crippen LogP contribution in [0, 0.1) is 0 Å². The highest BCUT2D eigenvalue weighted by Crippen LogP contribution is 2.21. The van der Waals surface area contributed by atoms with Gasteiger partial charge in [-0.2, -0.15) is 0 Å². The number of carbonyl (C=O) groups excluding carboxylic acids is 1. The van der Waals surface area contributed by atoms with Crippen LogP contribution in [0.2, 0.25) is 0 Å². The highest BCUT2D eigenvalue weighted by atomic mass is 32.2. The quantitative estimate of drug-likeness (QED) is 0.229. The summed E-state index contributed by atoms with van der Waals surface area (Å²) in [6.45, 7) is 1.69. The van der Waals surface area contributed by atoms with Gasteiger partial charge in [0.15, 0.2) is 5.16 Å². The molecular formula is C23H24N2O5S. The highest BCUT2D eigenvalue weighted by molar-refractivity contribution is 7.99. The predicted molar refractivity (Wildman–Crippen MR) is 119 cm³/mol.